The Kier molecular flexibility index (Phi) is 1.45. The molecular formula is C12H12N2. The Morgan fingerprint density at radius 2 is 2.07 bits per heavy atom. The minimum atomic E-state index is 0.377. The van der Waals surface area contributed by atoms with Crippen LogP contribution in [0.5, 0.6) is 0 Å². The number of rotatable bonds is 0. The number of H-pyrrole nitrogens is 1. The second kappa shape index (κ2) is 2.64. The first kappa shape index (κ1) is 7.68. The van der Waals surface area contributed by atoms with Gasteiger partial charge in [0, 0.05) is 22.2 Å². The van der Waals surface area contributed by atoms with Crippen LogP contribution in [0.3, 0.4) is 0 Å². The normalized spacial score (nSPS) is 19.4. The average Bonchev–Trinajstić information content (AvgIpc) is 2.59. The summed E-state index contributed by atoms with van der Waals surface area (Å²) in [5.41, 5.74) is 3.83. The highest BCUT2D eigenvalue weighted by atomic mass is 14.9. The van der Waals surface area contributed by atoms with Gasteiger partial charge < -0.3 is 10.3 Å². The molecule has 3 rings (SSSR count). The minimum absolute atomic E-state index is 0.377. The van der Waals surface area contributed by atoms with E-state index in [0.717, 1.165) is 0 Å². The van der Waals surface area contributed by atoms with Gasteiger partial charge in [-0.1, -0.05) is 18.2 Å². The molecule has 0 amide bonds. The molecule has 0 radical (unpaired) electrons. The predicted molar refractivity (Wildman–Crippen MR) is 58.9 cm³/mol. The number of hydrogen-bond donors (Lipinski definition) is 2. The fraction of sp³-hybridized carbons (Fsp3) is 0.167. The van der Waals surface area contributed by atoms with Crippen molar-refractivity contribution in [2.24, 2.45) is 0 Å². The molecule has 1 aromatic heterocycles. The van der Waals surface area contributed by atoms with Crippen LogP contribution in [0.2, 0.25) is 0 Å². The van der Waals surface area contributed by atoms with E-state index >= 15 is 0 Å². The molecule has 0 spiro atoms. The van der Waals surface area contributed by atoms with Gasteiger partial charge in [-0.25, -0.2) is 0 Å². The molecule has 2 aromatic rings. The van der Waals surface area contributed by atoms with Gasteiger partial charge in [0.05, 0.1) is 6.04 Å². The third-order valence-electron chi connectivity index (χ3n) is 2.81. The number of hydrogen-bond acceptors (Lipinski definition) is 1. The van der Waals surface area contributed by atoms with Crippen LogP contribution in [0, 0.1) is 0 Å². The van der Waals surface area contributed by atoms with Gasteiger partial charge in [0.15, 0.2) is 0 Å². The second-order valence-electron chi connectivity index (χ2n) is 3.72. The van der Waals surface area contributed by atoms with Crippen LogP contribution in [0.1, 0.15) is 24.2 Å². The molecule has 0 saturated heterocycles. The molecule has 1 unspecified atom stereocenters. The van der Waals surface area contributed by atoms with Crippen LogP contribution >= 0.6 is 0 Å². The van der Waals surface area contributed by atoms with Gasteiger partial charge in [-0.15, -0.1) is 0 Å². The van der Waals surface area contributed by atoms with E-state index in [1.165, 1.54) is 22.2 Å². The summed E-state index contributed by atoms with van der Waals surface area (Å²) in [4.78, 5) is 3.45. The molecule has 2 heteroatoms. The van der Waals surface area contributed by atoms with Gasteiger partial charge in [-0.3, -0.25) is 0 Å². The van der Waals surface area contributed by atoms with Crippen molar-refractivity contribution in [3.8, 4) is 0 Å². The maximum Gasteiger partial charge on any atom is 0.0636 e. The lowest BCUT2D eigenvalue weighted by molar-refractivity contribution is 0.663. The minimum Gasteiger partial charge on any atom is -0.383 e. The highest BCUT2D eigenvalue weighted by Gasteiger charge is 2.16. The summed E-state index contributed by atoms with van der Waals surface area (Å²) in [5.74, 6) is 0. The first-order valence-corrected chi connectivity index (χ1v) is 4.89. The van der Waals surface area contributed by atoms with Gasteiger partial charge in [0.1, 0.15) is 0 Å². The lowest BCUT2D eigenvalue weighted by atomic mass is 10.0. The average molecular weight is 184 g/mol. The van der Waals surface area contributed by atoms with Crippen molar-refractivity contribution < 1.29 is 0 Å². The van der Waals surface area contributed by atoms with Gasteiger partial charge in [-0.2, -0.15) is 0 Å². The molecule has 1 aliphatic rings. The molecular weight excluding hydrogens is 172 g/mol. The van der Waals surface area contributed by atoms with E-state index in [0.29, 0.717) is 6.04 Å². The Bertz CT molecular complexity index is 508. The van der Waals surface area contributed by atoms with Crippen LogP contribution in [0.4, 0.5) is 0 Å². The topological polar surface area (TPSA) is 27.8 Å². The molecule has 2 N–H and O–H groups in total. The number of aromatic nitrogens is 1. The largest absolute Gasteiger partial charge is 0.383 e. The second-order valence-corrected chi connectivity index (χ2v) is 3.72. The number of aromatic amines is 1. The zero-order valence-electron chi connectivity index (χ0n) is 8.04. The summed E-state index contributed by atoms with van der Waals surface area (Å²) in [6.45, 7) is 2.16. The van der Waals surface area contributed by atoms with Crippen molar-refractivity contribution in [1.29, 1.82) is 0 Å². The Morgan fingerprint density at radius 3 is 3.00 bits per heavy atom. The van der Waals surface area contributed by atoms with Crippen LogP contribution in [0.25, 0.3) is 17.0 Å². The van der Waals surface area contributed by atoms with Crippen LogP contribution in [-0.2, 0) is 0 Å². The van der Waals surface area contributed by atoms with Crippen molar-refractivity contribution in [3.63, 3.8) is 0 Å². The zero-order valence-corrected chi connectivity index (χ0v) is 8.04. The lowest BCUT2D eigenvalue weighted by Gasteiger charge is -2.15. The van der Waals surface area contributed by atoms with Gasteiger partial charge in [0.25, 0.3) is 0 Å². The monoisotopic (exact) mass is 184 g/mol. The molecule has 2 heterocycles. The summed E-state index contributed by atoms with van der Waals surface area (Å²) in [6.07, 6.45) is 4.15. The van der Waals surface area contributed by atoms with Crippen LogP contribution < -0.4 is 5.32 Å². The molecule has 0 fully saturated rings. The first-order valence-electron chi connectivity index (χ1n) is 4.89. The number of fused-ring (bicyclic) bond motifs is 3. The molecule has 0 saturated carbocycles. The first-order chi connectivity index (χ1) is 6.86. The van der Waals surface area contributed by atoms with E-state index in [4.69, 9.17) is 0 Å². The number of nitrogens with one attached hydrogen (secondary N) is 2. The van der Waals surface area contributed by atoms with Crippen molar-refractivity contribution in [2.75, 3.05) is 0 Å². The van der Waals surface area contributed by atoms with Crippen molar-refractivity contribution in [3.05, 3.63) is 41.7 Å². The Labute approximate surface area is 82.6 Å². The SMILES string of the molecule is CC1NC=Cc2c1[nH]c1ccccc21. The Morgan fingerprint density at radius 1 is 1.21 bits per heavy atom. The molecule has 1 aromatic carbocycles. The van der Waals surface area contributed by atoms with E-state index < -0.39 is 0 Å². The summed E-state index contributed by atoms with van der Waals surface area (Å²) < 4.78 is 0. The molecule has 1 atom stereocenters. The van der Waals surface area contributed by atoms with Crippen LogP contribution in [0.15, 0.2) is 30.5 Å². The van der Waals surface area contributed by atoms with E-state index in [1.807, 2.05) is 6.20 Å². The maximum absolute atomic E-state index is 3.45. The molecule has 2 nitrogen and oxygen atoms in total. The zero-order chi connectivity index (χ0) is 9.54. The highest BCUT2D eigenvalue weighted by molar-refractivity contribution is 5.91. The molecule has 0 bridgehead atoms. The fourth-order valence-corrected chi connectivity index (χ4v) is 2.06. The third-order valence-corrected chi connectivity index (χ3v) is 2.81. The number of para-hydroxylation sites is 1. The van der Waals surface area contributed by atoms with Crippen molar-refractivity contribution >= 4 is 17.0 Å². The fourth-order valence-electron chi connectivity index (χ4n) is 2.06. The van der Waals surface area contributed by atoms with E-state index in [9.17, 15) is 0 Å². The molecule has 1 aliphatic heterocycles. The number of benzene rings is 1. The molecule has 70 valence electrons. The van der Waals surface area contributed by atoms with E-state index in [1.54, 1.807) is 0 Å². The van der Waals surface area contributed by atoms with Crippen LogP contribution in [-0.4, -0.2) is 4.98 Å². The van der Waals surface area contributed by atoms with Gasteiger partial charge in [0.2, 0.25) is 0 Å². The van der Waals surface area contributed by atoms with E-state index in [2.05, 4.69) is 47.6 Å². The standard InChI is InChI=1S/C12H12N2/c1-8-12-10(6-7-13-8)9-4-2-3-5-11(9)14-12/h2-8,13-14H,1H3. The highest BCUT2D eigenvalue weighted by Crippen LogP contribution is 2.29. The predicted octanol–water partition coefficient (Wildman–Crippen LogP) is 2.80. The summed E-state index contributed by atoms with van der Waals surface area (Å²) in [7, 11) is 0. The Hall–Kier alpha value is -1.70. The summed E-state index contributed by atoms with van der Waals surface area (Å²) >= 11 is 0. The quantitative estimate of drug-likeness (QED) is 0.647. The maximum atomic E-state index is 3.45. The van der Waals surface area contributed by atoms with Crippen molar-refractivity contribution in [1.82, 2.24) is 10.3 Å². The summed E-state index contributed by atoms with van der Waals surface area (Å²) in [5, 5.41) is 4.60. The third kappa shape index (κ3) is 0.909. The van der Waals surface area contributed by atoms with Gasteiger partial charge in [-0.05, 0) is 25.3 Å². The smallest absolute Gasteiger partial charge is 0.0636 e. The van der Waals surface area contributed by atoms with E-state index in [-0.39, 0.29) is 0 Å². The molecule has 0 aliphatic carbocycles. The van der Waals surface area contributed by atoms with Gasteiger partial charge >= 0.3 is 0 Å². The van der Waals surface area contributed by atoms with Crippen molar-refractivity contribution in [2.45, 2.75) is 13.0 Å². The summed E-state index contributed by atoms with van der Waals surface area (Å²) in [6, 6.07) is 8.80. The molecule has 14 heavy (non-hydrogen) atoms. The Balaban J connectivity index is 2.39. The lowest BCUT2D eigenvalue weighted by Crippen LogP contribution is -2.15.